The number of thiophene rings is 1. The largest absolute Gasteiger partial charge is 0.465 e. The van der Waals surface area contributed by atoms with Crippen molar-refractivity contribution < 1.29 is 14.3 Å². The zero-order valence-electron chi connectivity index (χ0n) is 15.7. The molecule has 1 amide bonds. The highest BCUT2D eigenvalue weighted by Crippen LogP contribution is 2.34. The lowest BCUT2D eigenvalue weighted by molar-refractivity contribution is 0.0601. The number of fused-ring (bicyclic) bond motifs is 1. The normalized spacial score (nSPS) is 10.8. The highest BCUT2D eigenvalue weighted by molar-refractivity contribution is 7.22. The number of rotatable bonds is 5. The molecule has 11 heteroatoms. The van der Waals surface area contributed by atoms with Gasteiger partial charge in [-0.05, 0) is 30.3 Å². The molecule has 0 bridgehead atoms. The molecule has 0 fully saturated rings. The average molecular weight is 460 g/mol. The molecular formula is C19H14ClN5O3S2. The second-order valence-electron chi connectivity index (χ2n) is 5.92. The Labute approximate surface area is 183 Å². The lowest BCUT2D eigenvalue weighted by atomic mass is 10.2. The van der Waals surface area contributed by atoms with E-state index in [9.17, 15) is 9.59 Å². The number of hydrogen-bond acceptors (Lipinski definition) is 9. The zero-order chi connectivity index (χ0) is 21.3. The first kappa shape index (κ1) is 20.2. The first-order chi connectivity index (χ1) is 14.5. The Balaban J connectivity index is 1.57. The van der Waals surface area contributed by atoms with Crippen LogP contribution < -0.4 is 10.6 Å². The monoisotopic (exact) mass is 459 g/mol. The molecule has 4 aromatic rings. The zero-order valence-corrected chi connectivity index (χ0v) is 18.1. The van der Waals surface area contributed by atoms with E-state index in [0.717, 1.165) is 15.3 Å². The van der Waals surface area contributed by atoms with Gasteiger partial charge in [-0.3, -0.25) is 10.1 Å². The van der Waals surface area contributed by atoms with Gasteiger partial charge in [0.2, 0.25) is 5.95 Å². The van der Waals surface area contributed by atoms with Crippen LogP contribution in [0.4, 0.5) is 11.1 Å². The van der Waals surface area contributed by atoms with Crippen LogP contribution in [0.1, 0.15) is 20.0 Å². The molecule has 0 spiro atoms. The van der Waals surface area contributed by atoms with E-state index >= 15 is 0 Å². The number of nitrogens with zero attached hydrogens (tertiary/aromatic N) is 3. The first-order valence-electron chi connectivity index (χ1n) is 8.60. The third-order valence-electron chi connectivity index (χ3n) is 4.09. The highest BCUT2D eigenvalue weighted by Gasteiger charge is 2.18. The van der Waals surface area contributed by atoms with Crippen LogP contribution in [0.25, 0.3) is 20.8 Å². The van der Waals surface area contributed by atoms with Gasteiger partial charge in [0.1, 0.15) is 5.52 Å². The SMILES string of the molecule is CNc1nccc(-c2ccc(C(=O)Nc3nc4c(Cl)c(C(=O)OC)ccc4s3)s2)n1. The maximum absolute atomic E-state index is 12.7. The molecule has 0 saturated carbocycles. The molecule has 2 N–H and O–H groups in total. The van der Waals surface area contributed by atoms with Gasteiger partial charge in [0.25, 0.3) is 5.91 Å². The molecule has 0 radical (unpaired) electrons. The number of nitrogens with one attached hydrogen (secondary N) is 2. The molecule has 0 aliphatic carbocycles. The Kier molecular flexibility index (Phi) is 5.62. The van der Waals surface area contributed by atoms with Gasteiger partial charge >= 0.3 is 5.97 Å². The number of methoxy groups -OCH3 is 1. The number of ether oxygens (including phenoxy) is 1. The van der Waals surface area contributed by atoms with Crippen LogP contribution >= 0.6 is 34.3 Å². The van der Waals surface area contributed by atoms with Crippen LogP contribution in [-0.4, -0.2) is 41.0 Å². The summed E-state index contributed by atoms with van der Waals surface area (Å²) in [6, 6.07) is 8.64. The molecule has 30 heavy (non-hydrogen) atoms. The Morgan fingerprint density at radius 3 is 2.70 bits per heavy atom. The maximum Gasteiger partial charge on any atom is 0.339 e. The number of aromatic nitrogens is 3. The minimum atomic E-state index is -0.544. The average Bonchev–Trinajstić information content (AvgIpc) is 3.41. The number of carbonyl (C=O) groups is 2. The molecule has 0 saturated heterocycles. The summed E-state index contributed by atoms with van der Waals surface area (Å²) >= 11 is 8.87. The van der Waals surface area contributed by atoms with Crippen molar-refractivity contribution in [2.45, 2.75) is 0 Å². The summed E-state index contributed by atoms with van der Waals surface area (Å²) in [5.41, 5.74) is 1.39. The van der Waals surface area contributed by atoms with Crippen molar-refractivity contribution in [3.05, 3.63) is 52.0 Å². The minimum Gasteiger partial charge on any atom is -0.465 e. The van der Waals surface area contributed by atoms with Gasteiger partial charge in [0.15, 0.2) is 5.13 Å². The van der Waals surface area contributed by atoms with Gasteiger partial charge in [0, 0.05) is 13.2 Å². The van der Waals surface area contributed by atoms with Gasteiger partial charge in [-0.1, -0.05) is 22.9 Å². The van der Waals surface area contributed by atoms with E-state index in [1.54, 1.807) is 37.5 Å². The third-order valence-corrected chi connectivity index (χ3v) is 6.51. The molecule has 0 aliphatic rings. The molecule has 8 nitrogen and oxygen atoms in total. The van der Waals surface area contributed by atoms with Crippen molar-refractivity contribution >= 4 is 67.4 Å². The highest BCUT2D eigenvalue weighted by atomic mass is 35.5. The number of halogens is 1. The molecule has 0 unspecified atom stereocenters. The molecule has 3 aromatic heterocycles. The van der Waals surface area contributed by atoms with Crippen molar-refractivity contribution in [1.29, 1.82) is 0 Å². The Bertz CT molecular complexity index is 1270. The molecule has 4 rings (SSSR count). The van der Waals surface area contributed by atoms with Crippen LogP contribution in [0.15, 0.2) is 36.5 Å². The van der Waals surface area contributed by atoms with E-state index in [2.05, 4.69) is 25.6 Å². The molecule has 152 valence electrons. The molecule has 1 aromatic carbocycles. The van der Waals surface area contributed by atoms with Gasteiger partial charge in [-0.15, -0.1) is 11.3 Å². The van der Waals surface area contributed by atoms with Crippen molar-refractivity contribution in [1.82, 2.24) is 15.0 Å². The summed E-state index contributed by atoms with van der Waals surface area (Å²) in [4.78, 5) is 38.7. The summed E-state index contributed by atoms with van der Waals surface area (Å²) in [5, 5.41) is 6.25. The van der Waals surface area contributed by atoms with Crippen molar-refractivity contribution in [3.63, 3.8) is 0 Å². The van der Waals surface area contributed by atoms with Crippen LogP contribution in [0, 0.1) is 0 Å². The van der Waals surface area contributed by atoms with E-state index in [1.807, 2.05) is 6.07 Å². The molecule has 3 heterocycles. The number of anilines is 2. The molecule has 0 aliphatic heterocycles. The van der Waals surface area contributed by atoms with Crippen molar-refractivity contribution in [3.8, 4) is 10.6 Å². The molecule has 0 atom stereocenters. The number of esters is 1. The van der Waals surface area contributed by atoms with Crippen LogP contribution in [-0.2, 0) is 4.74 Å². The predicted molar refractivity (Wildman–Crippen MR) is 119 cm³/mol. The smallest absolute Gasteiger partial charge is 0.339 e. The summed E-state index contributed by atoms with van der Waals surface area (Å²) in [7, 11) is 3.02. The van der Waals surface area contributed by atoms with Gasteiger partial charge in [-0.25, -0.2) is 19.7 Å². The quantitative estimate of drug-likeness (QED) is 0.421. The fraction of sp³-hybridized carbons (Fsp3) is 0.105. The topological polar surface area (TPSA) is 106 Å². The number of amides is 1. The fourth-order valence-corrected chi connectivity index (χ4v) is 4.74. The minimum absolute atomic E-state index is 0.193. The third kappa shape index (κ3) is 3.84. The standard InChI is InChI=1S/C19H14ClN5O3S2/c1-21-18-22-8-7-10(23-18)11-5-6-13(29-11)16(26)25-19-24-15-12(30-19)4-3-9(14(15)20)17(27)28-2/h3-8H,1-2H3,(H,21,22,23)(H,24,25,26). The van der Waals surface area contributed by atoms with E-state index in [-0.39, 0.29) is 16.5 Å². The number of thiazole rings is 1. The van der Waals surface area contributed by atoms with E-state index in [0.29, 0.717) is 21.5 Å². The summed E-state index contributed by atoms with van der Waals surface area (Å²) in [6.07, 6.45) is 1.65. The fourth-order valence-electron chi connectivity index (χ4n) is 2.66. The first-order valence-corrected chi connectivity index (χ1v) is 10.6. The van der Waals surface area contributed by atoms with Crippen LogP contribution in [0.5, 0.6) is 0 Å². The Morgan fingerprint density at radius 1 is 1.10 bits per heavy atom. The van der Waals surface area contributed by atoms with Gasteiger partial charge < -0.3 is 10.1 Å². The van der Waals surface area contributed by atoms with E-state index in [1.165, 1.54) is 29.8 Å². The maximum atomic E-state index is 12.7. The second kappa shape index (κ2) is 8.34. The lowest BCUT2D eigenvalue weighted by Gasteiger charge is -2.01. The summed E-state index contributed by atoms with van der Waals surface area (Å²) in [5.74, 6) is -0.333. The van der Waals surface area contributed by atoms with Crippen LogP contribution in [0.3, 0.4) is 0 Å². The van der Waals surface area contributed by atoms with E-state index in [4.69, 9.17) is 16.3 Å². The molecular weight excluding hydrogens is 446 g/mol. The van der Waals surface area contributed by atoms with Gasteiger partial charge in [0.05, 0.1) is 37.8 Å². The van der Waals surface area contributed by atoms with Crippen molar-refractivity contribution in [2.75, 3.05) is 24.8 Å². The van der Waals surface area contributed by atoms with Gasteiger partial charge in [-0.2, -0.15) is 0 Å². The Morgan fingerprint density at radius 2 is 1.93 bits per heavy atom. The number of benzene rings is 1. The van der Waals surface area contributed by atoms with E-state index < -0.39 is 5.97 Å². The Hall–Kier alpha value is -3.08. The summed E-state index contributed by atoms with van der Waals surface area (Å²) in [6.45, 7) is 0. The summed E-state index contributed by atoms with van der Waals surface area (Å²) < 4.78 is 5.47. The lowest BCUT2D eigenvalue weighted by Crippen LogP contribution is -2.09. The predicted octanol–water partition coefficient (Wildman–Crippen LogP) is 4.55. The number of carbonyl (C=O) groups excluding carboxylic acids is 2. The van der Waals surface area contributed by atoms with Crippen LogP contribution in [0.2, 0.25) is 5.02 Å². The van der Waals surface area contributed by atoms with Crippen molar-refractivity contribution in [2.24, 2.45) is 0 Å². The number of hydrogen-bond donors (Lipinski definition) is 2. The second-order valence-corrected chi connectivity index (χ2v) is 8.41.